The van der Waals surface area contributed by atoms with Gasteiger partial charge in [0.1, 0.15) is 0 Å². The first kappa shape index (κ1) is 12.2. The molecule has 0 aliphatic rings. The van der Waals surface area contributed by atoms with Crippen LogP contribution in [0.15, 0.2) is 48.9 Å². The van der Waals surface area contributed by atoms with Crippen molar-refractivity contribution in [2.45, 2.75) is 6.92 Å². The van der Waals surface area contributed by atoms with Crippen molar-refractivity contribution in [1.82, 2.24) is 19.9 Å². The van der Waals surface area contributed by atoms with Gasteiger partial charge >= 0.3 is 0 Å². The molecule has 0 aliphatic heterocycles. The van der Waals surface area contributed by atoms with E-state index in [0.717, 1.165) is 28.2 Å². The SMILES string of the molecule is Cc1ccc(-c2cc(-c3ccncc3)nc(N)n2)cn1. The van der Waals surface area contributed by atoms with Crippen LogP contribution in [0.3, 0.4) is 0 Å². The maximum absolute atomic E-state index is 5.81. The van der Waals surface area contributed by atoms with E-state index in [1.54, 1.807) is 18.6 Å². The minimum atomic E-state index is 0.245. The highest BCUT2D eigenvalue weighted by Crippen LogP contribution is 2.23. The molecule has 3 rings (SSSR count). The minimum Gasteiger partial charge on any atom is -0.368 e. The van der Waals surface area contributed by atoms with Gasteiger partial charge in [-0.25, -0.2) is 9.97 Å². The van der Waals surface area contributed by atoms with Gasteiger partial charge in [0.15, 0.2) is 0 Å². The van der Waals surface area contributed by atoms with Crippen LogP contribution < -0.4 is 5.73 Å². The molecule has 3 aromatic rings. The van der Waals surface area contributed by atoms with E-state index >= 15 is 0 Å². The highest BCUT2D eigenvalue weighted by atomic mass is 15.0. The van der Waals surface area contributed by atoms with Crippen LogP contribution >= 0.6 is 0 Å². The monoisotopic (exact) mass is 263 g/mol. The van der Waals surface area contributed by atoms with Gasteiger partial charge in [-0.1, -0.05) is 0 Å². The molecule has 0 aliphatic carbocycles. The Kier molecular flexibility index (Phi) is 3.09. The van der Waals surface area contributed by atoms with Crippen molar-refractivity contribution in [2.75, 3.05) is 5.73 Å². The number of aromatic nitrogens is 4. The summed E-state index contributed by atoms with van der Waals surface area (Å²) in [5.74, 6) is 0.245. The lowest BCUT2D eigenvalue weighted by Gasteiger charge is -2.06. The fourth-order valence-corrected chi connectivity index (χ4v) is 1.90. The van der Waals surface area contributed by atoms with E-state index in [1.807, 2.05) is 37.3 Å². The maximum Gasteiger partial charge on any atom is 0.221 e. The molecule has 3 heterocycles. The van der Waals surface area contributed by atoms with Crippen LogP contribution in [0.25, 0.3) is 22.5 Å². The fraction of sp³-hybridized carbons (Fsp3) is 0.0667. The first-order valence-electron chi connectivity index (χ1n) is 6.20. The summed E-state index contributed by atoms with van der Waals surface area (Å²) < 4.78 is 0. The van der Waals surface area contributed by atoms with Crippen LogP contribution in [0.4, 0.5) is 5.95 Å². The normalized spacial score (nSPS) is 10.4. The Labute approximate surface area is 116 Å². The molecule has 0 radical (unpaired) electrons. The molecule has 3 aromatic heterocycles. The van der Waals surface area contributed by atoms with Crippen LogP contribution in [0.1, 0.15) is 5.69 Å². The number of nitrogens with two attached hydrogens (primary N) is 1. The maximum atomic E-state index is 5.81. The topological polar surface area (TPSA) is 77.6 Å². The zero-order chi connectivity index (χ0) is 13.9. The molecular weight excluding hydrogens is 250 g/mol. The second-order valence-electron chi connectivity index (χ2n) is 4.42. The van der Waals surface area contributed by atoms with Gasteiger partial charge in [-0.05, 0) is 37.3 Å². The molecule has 0 spiro atoms. The van der Waals surface area contributed by atoms with Gasteiger partial charge in [0.25, 0.3) is 0 Å². The van der Waals surface area contributed by atoms with Crippen LogP contribution in [0.2, 0.25) is 0 Å². The van der Waals surface area contributed by atoms with Crippen molar-refractivity contribution in [3.8, 4) is 22.5 Å². The van der Waals surface area contributed by atoms with Crippen LogP contribution in [-0.4, -0.2) is 19.9 Å². The zero-order valence-electron chi connectivity index (χ0n) is 11.0. The lowest BCUT2D eigenvalue weighted by atomic mass is 10.1. The number of nitrogens with zero attached hydrogens (tertiary/aromatic N) is 4. The van der Waals surface area contributed by atoms with Crippen LogP contribution in [0.5, 0.6) is 0 Å². The Morgan fingerprint density at radius 1 is 0.900 bits per heavy atom. The largest absolute Gasteiger partial charge is 0.368 e. The molecular formula is C15H13N5. The van der Waals surface area contributed by atoms with Crippen molar-refractivity contribution < 1.29 is 0 Å². The number of hydrogen-bond acceptors (Lipinski definition) is 5. The standard InChI is InChI=1S/C15H13N5/c1-10-2-3-12(9-18-10)14-8-13(19-15(16)20-14)11-4-6-17-7-5-11/h2-9H,1H3,(H2,16,19,20). The molecule has 0 unspecified atom stereocenters. The molecule has 5 heteroatoms. The fourth-order valence-electron chi connectivity index (χ4n) is 1.90. The van der Waals surface area contributed by atoms with E-state index in [-0.39, 0.29) is 5.95 Å². The van der Waals surface area contributed by atoms with Gasteiger partial charge in [0.2, 0.25) is 5.95 Å². The summed E-state index contributed by atoms with van der Waals surface area (Å²) in [5, 5.41) is 0. The second-order valence-corrected chi connectivity index (χ2v) is 4.42. The molecule has 2 N–H and O–H groups in total. The average Bonchev–Trinajstić information content (AvgIpc) is 2.48. The van der Waals surface area contributed by atoms with Crippen molar-refractivity contribution in [1.29, 1.82) is 0 Å². The predicted molar refractivity (Wildman–Crippen MR) is 77.6 cm³/mol. The van der Waals surface area contributed by atoms with Gasteiger partial charge < -0.3 is 5.73 Å². The molecule has 20 heavy (non-hydrogen) atoms. The highest BCUT2D eigenvalue weighted by Gasteiger charge is 2.07. The van der Waals surface area contributed by atoms with Crippen LogP contribution in [-0.2, 0) is 0 Å². The Morgan fingerprint density at radius 2 is 1.60 bits per heavy atom. The van der Waals surface area contributed by atoms with E-state index in [0.29, 0.717) is 0 Å². The molecule has 0 amide bonds. The Hall–Kier alpha value is -2.82. The lowest BCUT2D eigenvalue weighted by molar-refractivity contribution is 1.16. The molecule has 5 nitrogen and oxygen atoms in total. The van der Waals surface area contributed by atoms with E-state index in [2.05, 4.69) is 19.9 Å². The first-order valence-corrected chi connectivity index (χ1v) is 6.20. The van der Waals surface area contributed by atoms with Crippen molar-refractivity contribution >= 4 is 5.95 Å². The van der Waals surface area contributed by atoms with E-state index in [9.17, 15) is 0 Å². The van der Waals surface area contributed by atoms with Crippen LogP contribution in [0, 0.1) is 6.92 Å². The minimum absolute atomic E-state index is 0.245. The third-order valence-corrected chi connectivity index (χ3v) is 2.93. The van der Waals surface area contributed by atoms with Crippen molar-refractivity contribution in [3.05, 3.63) is 54.6 Å². The van der Waals surface area contributed by atoms with Crippen molar-refractivity contribution in [2.24, 2.45) is 0 Å². The summed E-state index contributed by atoms with van der Waals surface area (Å²) in [4.78, 5) is 16.8. The third kappa shape index (κ3) is 2.47. The summed E-state index contributed by atoms with van der Waals surface area (Å²) in [6.45, 7) is 1.94. The average molecular weight is 263 g/mol. The quantitative estimate of drug-likeness (QED) is 0.768. The molecule has 0 saturated heterocycles. The molecule has 98 valence electrons. The van der Waals surface area contributed by atoms with Gasteiger partial charge in [-0.3, -0.25) is 9.97 Å². The molecule has 0 bridgehead atoms. The van der Waals surface area contributed by atoms with Gasteiger partial charge in [0.05, 0.1) is 11.4 Å². The summed E-state index contributed by atoms with van der Waals surface area (Å²) >= 11 is 0. The summed E-state index contributed by atoms with van der Waals surface area (Å²) in [7, 11) is 0. The number of pyridine rings is 2. The van der Waals surface area contributed by atoms with E-state index in [1.165, 1.54) is 0 Å². The zero-order valence-corrected chi connectivity index (χ0v) is 11.0. The number of hydrogen-bond donors (Lipinski definition) is 1. The summed E-state index contributed by atoms with van der Waals surface area (Å²) in [6.07, 6.45) is 5.23. The van der Waals surface area contributed by atoms with E-state index < -0.39 is 0 Å². The molecule has 0 saturated carbocycles. The van der Waals surface area contributed by atoms with Gasteiger partial charge in [-0.15, -0.1) is 0 Å². The van der Waals surface area contributed by atoms with Crippen molar-refractivity contribution in [3.63, 3.8) is 0 Å². The highest BCUT2D eigenvalue weighted by molar-refractivity contribution is 5.68. The second kappa shape index (κ2) is 5.05. The Bertz CT molecular complexity index is 723. The molecule has 0 atom stereocenters. The predicted octanol–water partition coefficient (Wildman–Crippen LogP) is 2.49. The summed E-state index contributed by atoms with van der Waals surface area (Å²) in [5.41, 5.74) is 10.2. The number of anilines is 1. The first-order chi connectivity index (χ1) is 9.72. The smallest absolute Gasteiger partial charge is 0.221 e. The van der Waals surface area contributed by atoms with Gasteiger partial charge in [-0.2, -0.15) is 0 Å². The molecule has 0 fully saturated rings. The van der Waals surface area contributed by atoms with Gasteiger partial charge in [0, 0.05) is 35.4 Å². The number of nitrogen functional groups attached to an aromatic ring is 1. The Morgan fingerprint density at radius 3 is 2.25 bits per heavy atom. The lowest BCUT2D eigenvalue weighted by Crippen LogP contribution is -1.99. The number of aryl methyl sites for hydroxylation is 1. The van der Waals surface area contributed by atoms with E-state index in [4.69, 9.17) is 5.73 Å². The number of rotatable bonds is 2. The third-order valence-electron chi connectivity index (χ3n) is 2.93. The Balaban J connectivity index is 2.09. The summed E-state index contributed by atoms with van der Waals surface area (Å²) in [6, 6.07) is 9.59. The molecule has 0 aromatic carbocycles.